The summed E-state index contributed by atoms with van der Waals surface area (Å²) in [5.41, 5.74) is 11.2. The Balaban J connectivity index is 1.26. The minimum atomic E-state index is -5.73. The van der Waals surface area contributed by atoms with Crippen LogP contribution >= 0.6 is 15.6 Å². The van der Waals surface area contributed by atoms with E-state index in [4.69, 9.17) is 34.7 Å². The maximum atomic E-state index is 12.8. The van der Waals surface area contributed by atoms with Gasteiger partial charge in [-0.25, -0.2) is 28.9 Å². The predicted octanol–water partition coefficient (Wildman–Crippen LogP) is -3.43. The van der Waals surface area contributed by atoms with E-state index >= 15 is 0 Å². The molecule has 0 bridgehead atoms. The second-order valence-corrected chi connectivity index (χ2v) is 14.2. The first-order chi connectivity index (χ1) is 23.3. The Labute approximate surface area is 280 Å². The number of primary amides is 1. The monoisotopic (exact) mass is 753 g/mol. The molecule has 2 fully saturated rings. The summed E-state index contributed by atoms with van der Waals surface area (Å²) in [6.07, 6.45) is -7.42. The van der Waals surface area contributed by atoms with Crippen molar-refractivity contribution in [1.82, 2.24) is 24.4 Å². The highest BCUT2D eigenvalue weighted by Gasteiger charge is 2.60. The summed E-state index contributed by atoms with van der Waals surface area (Å²) in [4.78, 5) is 57.4. The number of aliphatic hydroxyl groups excluding tert-OH is 5. The third kappa shape index (κ3) is 7.73. The molecule has 11 atom stereocenters. The second kappa shape index (κ2) is 14.3. The number of nitrogens with two attached hydrogens (primary N) is 2. The van der Waals surface area contributed by atoms with Crippen molar-refractivity contribution in [1.29, 1.82) is 0 Å². The van der Waals surface area contributed by atoms with Gasteiger partial charge in [-0.3, -0.25) is 18.4 Å². The van der Waals surface area contributed by atoms with Gasteiger partial charge in [-0.15, -0.1) is 0 Å². The van der Waals surface area contributed by atoms with E-state index in [-0.39, 0.29) is 29.0 Å². The largest absolute Gasteiger partial charge is 0.481 e. The number of imidazole rings is 1. The molecule has 3 aliphatic heterocycles. The van der Waals surface area contributed by atoms with Crippen molar-refractivity contribution < 1.29 is 81.6 Å². The van der Waals surface area contributed by atoms with E-state index in [0.717, 1.165) is 24.1 Å². The zero-order valence-electron chi connectivity index (χ0n) is 25.6. The number of allylic oxidation sites excluding steroid dienone is 1. The van der Waals surface area contributed by atoms with Crippen molar-refractivity contribution in [2.75, 3.05) is 18.9 Å². The van der Waals surface area contributed by atoms with Gasteiger partial charge in [0.2, 0.25) is 5.91 Å². The lowest BCUT2D eigenvalue weighted by Crippen LogP contribution is -2.51. The van der Waals surface area contributed by atoms with Gasteiger partial charge in [-0.2, -0.15) is 4.31 Å². The summed E-state index contributed by atoms with van der Waals surface area (Å²) in [5.74, 6) is -5.13. The number of amides is 1. The molecule has 0 aromatic carbocycles. The average Bonchev–Trinajstić information content (AvgIpc) is 3.68. The molecule has 11 N–H and O–H groups in total. The van der Waals surface area contributed by atoms with Crippen molar-refractivity contribution in [2.24, 2.45) is 5.73 Å². The van der Waals surface area contributed by atoms with Crippen LogP contribution in [-0.2, 0) is 46.3 Å². The van der Waals surface area contributed by atoms with E-state index in [1.807, 2.05) is 0 Å². The number of esters is 1. The number of rotatable bonds is 13. The Hall–Kier alpha value is -3.45. The molecule has 0 aliphatic carbocycles. The van der Waals surface area contributed by atoms with E-state index in [0.29, 0.717) is 0 Å². The highest BCUT2D eigenvalue weighted by Crippen LogP contribution is 2.61. The zero-order valence-corrected chi connectivity index (χ0v) is 27.4. The molecule has 3 unspecified atom stereocenters. The molecule has 3 aliphatic rings. The fourth-order valence-corrected chi connectivity index (χ4v) is 7.15. The number of aromatic nitrogens is 4. The van der Waals surface area contributed by atoms with Crippen molar-refractivity contribution in [2.45, 2.75) is 68.2 Å². The van der Waals surface area contributed by atoms with Gasteiger partial charge in [0.15, 0.2) is 30.0 Å². The Morgan fingerprint density at radius 1 is 1.08 bits per heavy atom. The van der Waals surface area contributed by atoms with Crippen LogP contribution in [0.3, 0.4) is 0 Å². The Bertz CT molecular complexity index is 1770. The number of phosphoric ester groups is 2. The van der Waals surface area contributed by atoms with Gasteiger partial charge in [-0.1, -0.05) is 6.08 Å². The second-order valence-electron chi connectivity index (χ2n) is 11.1. The van der Waals surface area contributed by atoms with Crippen molar-refractivity contribution in [3.8, 4) is 0 Å². The number of carbonyl (C=O) groups excluding carboxylic acids is 2. The smallest absolute Gasteiger partial charge is 0.425 e. The Morgan fingerprint density at radius 3 is 2.46 bits per heavy atom. The highest BCUT2D eigenvalue weighted by atomic mass is 31.3. The lowest BCUT2D eigenvalue weighted by Gasteiger charge is -2.32. The maximum absolute atomic E-state index is 12.8. The van der Waals surface area contributed by atoms with Crippen LogP contribution in [0.25, 0.3) is 11.2 Å². The third-order valence-electron chi connectivity index (χ3n) is 7.57. The van der Waals surface area contributed by atoms with E-state index < -0.39 is 95.6 Å². The summed E-state index contributed by atoms with van der Waals surface area (Å²) in [6, 6.07) is 0. The van der Waals surface area contributed by atoms with Gasteiger partial charge in [0, 0.05) is 18.0 Å². The van der Waals surface area contributed by atoms with E-state index in [1.54, 1.807) is 0 Å². The van der Waals surface area contributed by atoms with Crippen molar-refractivity contribution in [3.63, 3.8) is 0 Å². The van der Waals surface area contributed by atoms with Crippen molar-refractivity contribution >= 4 is 44.5 Å². The number of anilines is 1. The van der Waals surface area contributed by atoms with Gasteiger partial charge in [0.25, 0.3) is 5.79 Å². The molecule has 24 nitrogen and oxygen atoms in total. The molecule has 50 heavy (non-hydrogen) atoms. The standard InChI is InChI=1S/C24H33N7O17P2/c1-10(32)23(38)47-24(17(36)16(35)22(46-24)31-9-29-13-18(25)27-8-28-20(13)31)7-44-50(41,42)48-49(39,40)43-6-12-14(33)15(34)21(45-12)30-4-2-3-11(5-30)19(26)37/h2,4-5,8-10,12,14-17,21-22,32-36H,3,6-7H2,1H3,(H2,26,37)(H,39,40)(H,41,42)(H2,25,27,28)/t10?,12-,14-,15-,16-,17+,21-,22-,24-/m1/s1. The first-order valence-corrected chi connectivity index (χ1v) is 17.3. The summed E-state index contributed by atoms with van der Waals surface area (Å²) >= 11 is 0. The number of aliphatic hydroxyl groups is 5. The van der Waals surface area contributed by atoms with Gasteiger partial charge in [0.05, 0.1) is 12.9 Å². The normalized spacial score (nSPS) is 32.8. The van der Waals surface area contributed by atoms with Gasteiger partial charge >= 0.3 is 21.6 Å². The van der Waals surface area contributed by atoms with Gasteiger partial charge in [-0.05, 0) is 13.3 Å². The van der Waals surface area contributed by atoms with Gasteiger partial charge < -0.3 is 65.9 Å². The van der Waals surface area contributed by atoms with E-state index in [2.05, 4.69) is 19.3 Å². The predicted molar refractivity (Wildman–Crippen MR) is 159 cm³/mol. The van der Waals surface area contributed by atoms with Crippen LogP contribution in [0, 0.1) is 0 Å². The van der Waals surface area contributed by atoms with Crippen LogP contribution < -0.4 is 11.5 Å². The van der Waals surface area contributed by atoms with Crippen molar-refractivity contribution in [3.05, 3.63) is 36.7 Å². The molecule has 1 amide bonds. The number of phosphoric acid groups is 2. The fourth-order valence-electron chi connectivity index (χ4n) is 5.06. The first kappa shape index (κ1) is 37.8. The molecule has 2 saturated heterocycles. The molecule has 26 heteroatoms. The molecular formula is C24H33N7O17P2. The third-order valence-corrected chi connectivity index (χ3v) is 10.1. The number of nitrogens with zero attached hydrogens (tertiary/aromatic N) is 5. The topological polar surface area (TPSA) is 364 Å². The number of fused-ring (bicyclic) bond motifs is 1. The quantitative estimate of drug-likeness (QED) is 0.0709. The molecule has 276 valence electrons. The molecule has 0 saturated carbocycles. The average molecular weight is 754 g/mol. The molecule has 0 radical (unpaired) electrons. The van der Waals surface area contributed by atoms with E-state index in [1.165, 1.54) is 23.4 Å². The first-order valence-electron chi connectivity index (χ1n) is 14.3. The SMILES string of the molecule is CC(O)C(=O)O[C@@]1(COP(=O)(O)OP(=O)(O)OC[C@H]2O[C@@H](N3C=CCC(C(N)=O)=C3)[C@H](O)[C@@H]2O)O[C@@H](n2cnc3c(N)ncnc32)[C@H](O)[C@@H]1O. The summed E-state index contributed by atoms with van der Waals surface area (Å²) in [6.45, 7) is -1.48. The van der Waals surface area contributed by atoms with E-state index in [9.17, 15) is 54.0 Å². The minimum absolute atomic E-state index is 0.0173. The number of ether oxygens (including phenoxy) is 3. The molecule has 5 heterocycles. The van der Waals surface area contributed by atoms with Gasteiger partial charge in [0.1, 0.15) is 49.0 Å². The molecular weight excluding hydrogens is 720 g/mol. The van der Waals surface area contributed by atoms with Crippen LogP contribution in [0.4, 0.5) is 5.82 Å². The van der Waals surface area contributed by atoms with Crippen LogP contribution in [0.2, 0.25) is 0 Å². The number of hydrogen-bond donors (Lipinski definition) is 9. The number of carbonyl (C=O) groups is 2. The maximum Gasteiger partial charge on any atom is 0.481 e. The molecule has 2 aromatic heterocycles. The van der Waals surface area contributed by atoms with Crippen LogP contribution in [-0.4, -0.2) is 133 Å². The zero-order chi connectivity index (χ0) is 36.8. The Morgan fingerprint density at radius 2 is 1.78 bits per heavy atom. The fraction of sp³-hybridized carbons (Fsp3) is 0.542. The van der Waals surface area contributed by atoms with Crippen LogP contribution in [0.5, 0.6) is 0 Å². The lowest BCUT2D eigenvalue weighted by atomic mass is 10.1. The summed E-state index contributed by atoms with van der Waals surface area (Å²) in [5, 5.41) is 52.4. The minimum Gasteiger partial charge on any atom is -0.425 e. The molecule has 5 rings (SSSR count). The number of hydrogen-bond acceptors (Lipinski definition) is 20. The summed E-state index contributed by atoms with van der Waals surface area (Å²) < 4.78 is 56.4. The van der Waals surface area contributed by atoms with Crippen LogP contribution in [0.15, 0.2) is 36.7 Å². The number of nitrogen functional groups attached to an aromatic ring is 1. The highest BCUT2D eigenvalue weighted by molar-refractivity contribution is 7.61. The van der Waals surface area contributed by atoms with Crippen LogP contribution in [0.1, 0.15) is 19.6 Å². The Kier molecular flexibility index (Phi) is 10.8. The molecule has 0 spiro atoms. The lowest BCUT2D eigenvalue weighted by molar-refractivity contribution is -0.271. The molecule has 2 aromatic rings. The summed E-state index contributed by atoms with van der Waals surface area (Å²) in [7, 11) is -11.3.